The van der Waals surface area contributed by atoms with Gasteiger partial charge in [-0.1, -0.05) is 25.1 Å². The molecular weight excluding hydrogens is 276 g/mol. The molecule has 3 rings (SSSR count). The lowest BCUT2D eigenvalue weighted by molar-refractivity contribution is -0.117. The fourth-order valence-electron chi connectivity index (χ4n) is 3.03. The van der Waals surface area contributed by atoms with Crippen LogP contribution in [0.15, 0.2) is 41.6 Å². The lowest BCUT2D eigenvalue weighted by atomic mass is 9.96. The molecule has 0 saturated carbocycles. The first-order chi connectivity index (χ1) is 10.6. The van der Waals surface area contributed by atoms with Gasteiger partial charge in [0.15, 0.2) is 0 Å². The normalized spacial score (nSPS) is 21.8. The van der Waals surface area contributed by atoms with Crippen LogP contribution in [0.1, 0.15) is 32.3 Å². The number of nitrogens with one attached hydrogen (secondary N) is 2. The number of anilines is 1. The van der Waals surface area contributed by atoms with Gasteiger partial charge in [0, 0.05) is 29.9 Å². The van der Waals surface area contributed by atoms with Crippen LogP contribution < -0.4 is 10.6 Å². The Hall–Kier alpha value is -2.36. The zero-order chi connectivity index (χ0) is 15.7. The van der Waals surface area contributed by atoms with Crippen molar-refractivity contribution in [1.82, 2.24) is 5.32 Å². The summed E-state index contributed by atoms with van der Waals surface area (Å²) in [5.74, 6) is 0.523. The van der Waals surface area contributed by atoms with Gasteiger partial charge in [0.1, 0.15) is 5.78 Å². The van der Waals surface area contributed by atoms with Crippen molar-refractivity contribution in [3.05, 3.63) is 47.2 Å². The van der Waals surface area contributed by atoms with Gasteiger partial charge in [-0.2, -0.15) is 0 Å². The molecule has 0 saturated heterocycles. The molecule has 1 aromatic carbocycles. The van der Waals surface area contributed by atoms with Crippen LogP contribution in [-0.2, 0) is 9.59 Å². The van der Waals surface area contributed by atoms with E-state index in [-0.39, 0.29) is 11.7 Å². The Kier molecular flexibility index (Phi) is 3.84. The molecule has 2 aliphatic rings. The van der Waals surface area contributed by atoms with Gasteiger partial charge in [0.25, 0.3) is 5.91 Å². The highest BCUT2D eigenvalue weighted by molar-refractivity contribution is 6.31. The first-order valence-corrected chi connectivity index (χ1v) is 7.65. The van der Waals surface area contributed by atoms with E-state index < -0.39 is 0 Å². The summed E-state index contributed by atoms with van der Waals surface area (Å²) in [5.41, 5.74) is 4.71. The van der Waals surface area contributed by atoms with E-state index in [4.69, 9.17) is 0 Å². The van der Waals surface area contributed by atoms with Gasteiger partial charge in [0.05, 0.1) is 5.57 Å². The molecule has 1 atom stereocenters. The van der Waals surface area contributed by atoms with Crippen LogP contribution in [0.25, 0.3) is 5.57 Å². The molecule has 4 heteroatoms. The summed E-state index contributed by atoms with van der Waals surface area (Å²) in [5, 5.41) is 6.26. The molecule has 0 fully saturated rings. The molecule has 0 radical (unpaired) electrons. The average molecular weight is 296 g/mol. The Morgan fingerprint density at radius 2 is 2.14 bits per heavy atom. The van der Waals surface area contributed by atoms with E-state index in [1.165, 1.54) is 5.57 Å². The van der Waals surface area contributed by atoms with E-state index in [0.717, 1.165) is 29.9 Å². The van der Waals surface area contributed by atoms with E-state index in [2.05, 4.69) is 17.6 Å². The van der Waals surface area contributed by atoms with Crippen LogP contribution in [0.4, 0.5) is 5.69 Å². The maximum atomic E-state index is 12.2. The predicted octanol–water partition coefficient (Wildman–Crippen LogP) is 2.88. The van der Waals surface area contributed by atoms with Crippen molar-refractivity contribution in [1.29, 1.82) is 0 Å². The molecule has 114 valence electrons. The van der Waals surface area contributed by atoms with Crippen LogP contribution in [-0.4, -0.2) is 18.2 Å². The summed E-state index contributed by atoms with van der Waals surface area (Å²) in [7, 11) is 0. The number of rotatable bonds is 4. The largest absolute Gasteiger partial charge is 0.384 e. The highest BCUT2D eigenvalue weighted by atomic mass is 16.2. The van der Waals surface area contributed by atoms with Gasteiger partial charge in [-0.05, 0) is 37.0 Å². The van der Waals surface area contributed by atoms with E-state index in [1.807, 2.05) is 30.3 Å². The van der Waals surface area contributed by atoms with Crippen molar-refractivity contribution >= 4 is 23.0 Å². The zero-order valence-corrected chi connectivity index (χ0v) is 12.9. The Morgan fingerprint density at radius 1 is 1.36 bits per heavy atom. The number of hydrogen-bond acceptors (Lipinski definition) is 3. The number of hydrogen-bond donors (Lipinski definition) is 2. The van der Waals surface area contributed by atoms with Gasteiger partial charge < -0.3 is 15.4 Å². The molecule has 2 aliphatic heterocycles. The van der Waals surface area contributed by atoms with E-state index in [9.17, 15) is 9.59 Å². The summed E-state index contributed by atoms with van der Waals surface area (Å²) < 4.78 is 0. The first-order valence-electron chi connectivity index (χ1n) is 7.65. The monoisotopic (exact) mass is 296 g/mol. The minimum atomic E-state index is -0.0685. The van der Waals surface area contributed by atoms with Crippen LogP contribution in [0, 0.1) is 5.92 Å². The quantitative estimate of drug-likeness (QED) is 0.840. The van der Waals surface area contributed by atoms with Gasteiger partial charge in [-0.25, -0.2) is 0 Å². The number of para-hydroxylation sites is 1. The van der Waals surface area contributed by atoms with Crippen LogP contribution >= 0.6 is 0 Å². The third-order valence-electron chi connectivity index (χ3n) is 4.28. The lowest BCUT2D eigenvalue weighted by Crippen LogP contribution is -2.10. The molecule has 0 bridgehead atoms. The number of carbonyl (C=O) groups excluding carboxylic acids is 2. The Labute approximate surface area is 130 Å². The summed E-state index contributed by atoms with van der Waals surface area (Å²) in [6.07, 6.45) is 3.24. The van der Waals surface area contributed by atoms with Gasteiger partial charge >= 0.3 is 0 Å². The highest BCUT2D eigenvalue weighted by Gasteiger charge is 2.26. The Bertz CT molecular complexity index is 701. The molecule has 0 aromatic heterocycles. The fraction of sp³-hybridized carbons (Fsp3) is 0.333. The second-order valence-corrected chi connectivity index (χ2v) is 5.98. The van der Waals surface area contributed by atoms with Crippen molar-refractivity contribution in [3.63, 3.8) is 0 Å². The van der Waals surface area contributed by atoms with Crippen molar-refractivity contribution in [2.45, 2.75) is 26.7 Å². The third kappa shape index (κ3) is 2.69. The van der Waals surface area contributed by atoms with Gasteiger partial charge in [0.2, 0.25) is 0 Å². The van der Waals surface area contributed by atoms with E-state index >= 15 is 0 Å². The lowest BCUT2D eigenvalue weighted by Gasteiger charge is -2.07. The Balaban J connectivity index is 1.96. The van der Waals surface area contributed by atoms with Crippen LogP contribution in [0.3, 0.4) is 0 Å². The minimum Gasteiger partial charge on any atom is -0.384 e. The fourth-order valence-corrected chi connectivity index (χ4v) is 3.03. The molecule has 1 amide bonds. The average Bonchev–Trinajstić information content (AvgIpc) is 2.98. The number of carbonyl (C=O) groups is 2. The number of amides is 1. The maximum absolute atomic E-state index is 12.2. The minimum absolute atomic E-state index is 0.0685. The topological polar surface area (TPSA) is 58.2 Å². The third-order valence-corrected chi connectivity index (χ3v) is 4.28. The Morgan fingerprint density at radius 3 is 2.91 bits per heavy atom. The molecule has 22 heavy (non-hydrogen) atoms. The van der Waals surface area contributed by atoms with Gasteiger partial charge in [-0.3, -0.25) is 4.79 Å². The molecular formula is C18H20N2O2. The van der Waals surface area contributed by atoms with Gasteiger partial charge in [-0.15, -0.1) is 0 Å². The van der Waals surface area contributed by atoms with Crippen LogP contribution in [0.5, 0.6) is 0 Å². The molecule has 1 aromatic rings. The van der Waals surface area contributed by atoms with Crippen molar-refractivity contribution in [2.75, 3.05) is 11.9 Å². The predicted molar refractivity (Wildman–Crippen MR) is 87.2 cm³/mol. The summed E-state index contributed by atoms with van der Waals surface area (Å²) in [4.78, 5) is 23.4. The second-order valence-electron chi connectivity index (χ2n) is 5.98. The van der Waals surface area contributed by atoms with Crippen LogP contribution in [0.2, 0.25) is 0 Å². The van der Waals surface area contributed by atoms with Crippen molar-refractivity contribution in [3.8, 4) is 0 Å². The van der Waals surface area contributed by atoms with Crippen molar-refractivity contribution < 1.29 is 9.59 Å². The molecule has 0 aliphatic carbocycles. The standard InChI is InChI=1S/C18H20N2O2/c1-11-10-19-17(13(11)8-7-12(2)21)9-15-14-5-3-4-6-16(14)20-18(15)22/h3-6,9,11,19H,7-8,10H2,1-2H3,(H,20,22)/b15-9-. The maximum Gasteiger partial charge on any atom is 0.256 e. The highest BCUT2D eigenvalue weighted by Crippen LogP contribution is 2.34. The molecule has 4 nitrogen and oxygen atoms in total. The molecule has 1 unspecified atom stereocenters. The van der Waals surface area contributed by atoms with E-state index in [0.29, 0.717) is 17.9 Å². The molecule has 2 heterocycles. The SMILES string of the molecule is CC(=O)CCC1=C(/C=C2\C(=O)Nc3ccccc32)NCC1C. The summed E-state index contributed by atoms with van der Waals surface area (Å²) >= 11 is 0. The number of benzene rings is 1. The number of fused-ring (bicyclic) bond motifs is 1. The zero-order valence-electron chi connectivity index (χ0n) is 12.9. The summed E-state index contributed by atoms with van der Waals surface area (Å²) in [6.45, 7) is 4.62. The first kappa shape index (κ1) is 14.6. The number of ketones is 1. The second kappa shape index (κ2) is 5.79. The number of Topliss-reactive ketones (excluding diaryl/α,β-unsaturated/α-hetero) is 1. The summed E-state index contributed by atoms with van der Waals surface area (Å²) in [6, 6.07) is 7.70. The number of allylic oxidation sites excluding steroid dienone is 1. The molecule has 0 spiro atoms. The van der Waals surface area contributed by atoms with E-state index in [1.54, 1.807) is 6.92 Å². The van der Waals surface area contributed by atoms with Crippen molar-refractivity contribution in [2.24, 2.45) is 5.92 Å². The molecule has 2 N–H and O–H groups in total. The smallest absolute Gasteiger partial charge is 0.256 e.